The highest BCUT2D eigenvalue weighted by Crippen LogP contribution is 2.35. The summed E-state index contributed by atoms with van der Waals surface area (Å²) in [5, 5.41) is 9.33. The molecule has 0 saturated carbocycles. The highest BCUT2D eigenvalue weighted by molar-refractivity contribution is 5.97. The largest absolute Gasteiger partial charge is 0.478 e. The van der Waals surface area contributed by atoms with Crippen molar-refractivity contribution < 1.29 is 28.8 Å². The third kappa shape index (κ3) is 5.07. The molecule has 0 aromatic heterocycles. The molecule has 0 unspecified atom stereocenters. The summed E-state index contributed by atoms with van der Waals surface area (Å²) in [6.07, 6.45) is 1.13. The predicted molar refractivity (Wildman–Crippen MR) is 92.6 cm³/mol. The van der Waals surface area contributed by atoms with Crippen LogP contribution in [0.5, 0.6) is 11.5 Å². The lowest BCUT2D eigenvalue weighted by Crippen LogP contribution is -2.05. The molecule has 0 heterocycles. The summed E-state index contributed by atoms with van der Waals surface area (Å²) in [5.74, 6) is -0.0464. The van der Waals surface area contributed by atoms with Crippen molar-refractivity contribution in [3.05, 3.63) is 65.7 Å². The van der Waals surface area contributed by atoms with E-state index in [1.165, 1.54) is 14.2 Å². The molecular formula is C19H20O6. The standard InChI is InChI=1S/C19H20O6/c1-22-12-24-17-9-5-3-7-14(17)16(11-19(20)21)15-8-4-6-10-18(15)25-13-23-2/h3-11H,12-13H2,1-2H3,(H,20,21). The molecule has 6 nitrogen and oxygen atoms in total. The number of ether oxygens (including phenoxy) is 4. The lowest BCUT2D eigenvalue weighted by atomic mass is 9.96. The highest BCUT2D eigenvalue weighted by atomic mass is 16.7. The molecule has 0 fully saturated rings. The van der Waals surface area contributed by atoms with Crippen LogP contribution in [0.25, 0.3) is 5.57 Å². The van der Waals surface area contributed by atoms with Gasteiger partial charge in [-0.25, -0.2) is 4.79 Å². The van der Waals surface area contributed by atoms with E-state index < -0.39 is 5.97 Å². The molecule has 2 aromatic rings. The van der Waals surface area contributed by atoms with Gasteiger partial charge in [-0.3, -0.25) is 0 Å². The molecule has 0 spiro atoms. The molecule has 1 N–H and O–H groups in total. The van der Waals surface area contributed by atoms with E-state index in [1.807, 2.05) is 12.1 Å². The summed E-state index contributed by atoms with van der Waals surface area (Å²) in [6, 6.07) is 14.3. The van der Waals surface area contributed by atoms with E-state index in [2.05, 4.69) is 0 Å². The average Bonchev–Trinajstić information content (AvgIpc) is 2.63. The number of aliphatic carboxylic acids is 1. The molecule has 2 aromatic carbocycles. The van der Waals surface area contributed by atoms with Gasteiger partial charge in [-0.1, -0.05) is 36.4 Å². The molecule has 25 heavy (non-hydrogen) atoms. The van der Waals surface area contributed by atoms with Crippen LogP contribution >= 0.6 is 0 Å². The maximum atomic E-state index is 11.4. The first-order chi connectivity index (χ1) is 12.2. The van der Waals surface area contributed by atoms with E-state index >= 15 is 0 Å². The van der Waals surface area contributed by atoms with Gasteiger partial charge in [0.05, 0.1) is 0 Å². The van der Waals surface area contributed by atoms with Crippen molar-refractivity contribution >= 4 is 11.5 Å². The number of carbonyl (C=O) groups is 1. The Morgan fingerprint density at radius 2 is 1.32 bits per heavy atom. The van der Waals surface area contributed by atoms with Crippen LogP contribution in [0.15, 0.2) is 54.6 Å². The molecule has 0 aliphatic carbocycles. The number of rotatable bonds is 9. The average molecular weight is 344 g/mol. The Labute approximate surface area is 146 Å². The molecule has 2 rings (SSSR count). The van der Waals surface area contributed by atoms with Gasteiger partial charge >= 0.3 is 5.97 Å². The van der Waals surface area contributed by atoms with Gasteiger partial charge < -0.3 is 24.1 Å². The van der Waals surface area contributed by atoms with Crippen molar-refractivity contribution in [2.24, 2.45) is 0 Å². The fraction of sp³-hybridized carbons (Fsp3) is 0.211. The Hall–Kier alpha value is -2.83. The molecule has 132 valence electrons. The fourth-order valence-corrected chi connectivity index (χ4v) is 2.30. The van der Waals surface area contributed by atoms with E-state index in [9.17, 15) is 9.90 Å². The monoisotopic (exact) mass is 344 g/mol. The van der Waals surface area contributed by atoms with Crippen molar-refractivity contribution in [1.82, 2.24) is 0 Å². The summed E-state index contributed by atoms with van der Waals surface area (Å²) >= 11 is 0. The predicted octanol–water partition coefficient (Wildman–Crippen LogP) is 3.17. The molecule has 0 amide bonds. The molecular weight excluding hydrogens is 324 g/mol. The Morgan fingerprint density at radius 1 is 0.880 bits per heavy atom. The second-order valence-electron chi connectivity index (χ2n) is 4.99. The molecule has 0 radical (unpaired) electrons. The van der Waals surface area contributed by atoms with Crippen molar-refractivity contribution in [2.45, 2.75) is 0 Å². The number of carboxylic acid groups (broad SMARTS) is 1. The zero-order valence-corrected chi connectivity index (χ0v) is 14.1. The first kappa shape index (κ1) is 18.5. The first-order valence-corrected chi connectivity index (χ1v) is 7.54. The first-order valence-electron chi connectivity index (χ1n) is 7.54. The zero-order valence-electron chi connectivity index (χ0n) is 14.1. The lowest BCUT2D eigenvalue weighted by Gasteiger charge is -2.16. The van der Waals surface area contributed by atoms with Crippen LogP contribution in [0.1, 0.15) is 11.1 Å². The quantitative estimate of drug-likeness (QED) is 0.556. The van der Waals surface area contributed by atoms with Crippen molar-refractivity contribution in [2.75, 3.05) is 27.8 Å². The van der Waals surface area contributed by atoms with E-state index in [1.54, 1.807) is 36.4 Å². The summed E-state index contributed by atoms with van der Waals surface area (Å²) < 4.78 is 21.0. The fourth-order valence-electron chi connectivity index (χ4n) is 2.30. The minimum absolute atomic E-state index is 0.0547. The lowest BCUT2D eigenvalue weighted by molar-refractivity contribution is -0.131. The van der Waals surface area contributed by atoms with Gasteiger partial charge in [-0.15, -0.1) is 0 Å². The number of benzene rings is 2. The van der Waals surface area contributed by atoms with Crippen LogP contribution in [-0.4, -0.2) is 38.9 Å². The summed E-state index contributed by atoms with van der Waals surface area (Å²) in [4.78, 5) is 11.4. The molecule has 0 bridgehead atoms. The number of hydrogen-bond donors (Lipinski definition) is 1. The smallest absolute Gasteiger partial charge is 0.328 e. The van der Waals surface area contributed by atoms with E-state index in [0.29, 0.717) is 28.2 Å². The maximum absolute atomic E-state index is 11.4. The molecule has 0 atom stereocenters. The van der Waals surface area contributed by atoms with Crippen LogP contribution in [0.2, 0.25) is 0 Å². The van der Waals surface area contributed by atoms with Gasteiger partial charge in [-0.05, 0) is 12.1 Å². The number of hydrogen-bond acceptors (Lipinski definition) is 5. The normalized spacial score (nSPS) is 10.2. The van der Waals surface area contributed by atoms with Gasteiger partial charge in [0.25, 0.3) is 0 Å². The van der Waals surface area contributed by atoms with Crippen LogP contribution in [0, 0.1) is 0 Å². The second kappa shape index (κ2) is 9.46. The Morgan fingerprint density at radius 3 is 1.72 bits per heavy atom. The molecule has 0 aliphatic rings. The minimum Gasteiger partial charge on any atom is -0.478 e. The van der Waals surface area contributed by atoms with E-state index in [-0.39, 0.29) is 13.6 Å². The van der Waals surface area contributed by atoms with Gasteiger partial charge in [0.1, 0.15) is 11.5 Å². The van der Waals surface area contributed by atoms with E-state index in [0.717, 1.165) is 6.08 Å². The number of para-hydroxylation sites is 2. The summed E-state index contributed by atoms with van der Waals surface area (Å²) in [6.45, 7) is 0.109. The third-order valence-electron chi connectivity index (χ3n) is 3.29. The highest BCUT2D eigenvalue weighted by Gasteiger charge is 2.16. The topological polar surface area (TPSA) is 74.2 Å². The van der Waals surface area contributed by atoms with Crippen LogP contribution < -0.4 is 9.47 Å². The van der Waals surface area contributed by atoms with Gasteiger partial charge in [0, 0.05) is 37.0 Å². The SMILES string of the molecule is COCOc1ccccc1C(=CC(=O)O)c1ccccc1OCOC. The zero-order chi connectivity index (χ0) is 18.1. The Bertz CT molecular complexity index is 685. The van der Waals surface area contributed by atoms with Crippen LogP contribution in [0.3, 0.4) is 0 Å². The molecule has 0 aliphatic heterocycles. The molecule has 0 saturated heterocycles. The second-order valence-corrected chi connectivity index (χ2v) is 4.99. The van der Waals surface area contributed by atoms with Crippen molar-refractivity contribution in [3.8, 4) is 11.5 Å². The third-order valence-corrected chi connectivity index (χ3v) is 3.29. The summed E-state index contributed by atoms with van der Waals surface area (Å²) in [5.41, 5.74) is 1.71. The van der Waals surface area contributed by atoms with Crippen molar-refractivity contribution in [3.63, 3.8) is 0 Å². The summed E-state index contributed by atoms with van der Waals surface area (Å²) in [7, 11) is 3.04. The van der Waals surface area contributed by atoms with E-state index in [4.69, 9.17) is 18.9 Å². The van der Waals surface area contributed by atoms with Gasteiger partial charge in [-0.2, -0.15) is 0 Å². The number of carboxylic acids is 1. The van der Waals surface area contributed by atoms with Gasteiger partial charge in [0.15, 0.2) is 13.6 Å². The minimum atomic E-state index is -1.07. The molecule has 6 heteroatoms. The van der Waals surface area contributed by atoms with Gasteiger partial charge in [0.2, 0.25) is 0 Å². The Balaban J connectivity index is 2.55. The van der Waals surface area contributed by atoms with Crippen LogP contribution in [-0.2, 0) is 14.3 Å². The van der Waals surface area contributed by atoms with Crippen molar-refractivity contribution in [1.29, 1.82) is 0 Å². The van der Waals surface area contributed by atoms with Crippen LogP contribution in [0.4, 0.5) is 0 Å². The maximum Gasteiger partial charge on any atom is 0.328 e. The Kier molecular flexibility index (Phi) is 7.00. The number of methoxy groups -OCH3 is 2.